The van der Waals surface area contributed by atoms with Crippen LogP contribution in [-0.4, -0.2) is 48.0 Å². The highest BCUT2D eigenvalue weighted by Crippen LogP contribution is 2.22. The third-order valence-electron chi connectivity index (χ3n) is 5.65. The van der Waals surface area contributed by atoms with Crippen LogP contribution in [0.15, 0.2) is 60.8 Å². The van der Waals surface area contributed by atoms with Crippen LogP contribution in [0.5, 0.6) is 0 Å². The Morgan fingerprint density at radius 1 is 1.13 bits per heavy atom. The number of benzene rings is 1. The van der Waals surface area contributed by atoms with Crippen LogP contribution in [-0.2, 0) is 14.3 Å². The average molecular weight is 418 g/mol. The summed E-state index contributed by atoms with van der Waals surface area (Å²) in [7, 11) is 0. The molecule has 6 nitrogen and oxygen atoms in total. The minimum atomic E-state index is -0.107. The van der Waals surface area contributed by atoms with Crippen molar-refractivity contribution in [2.24, 2.45) is 5.92 Å². The van der Waals surface area contributed by atoms with E-state index >= 15 is 0 Å². The molecule has 1 aromatic carbocycles. The van der Waals surface area contributed by atoms with Crippen molar-refractivity contribution in [3.05, 3.63) is 71.9 Å². The number of carbonyl (C=O) groups is 2. The van der Waals surface area contributed by atoms with E-state index in [4.69, 9.17) is 4.74 Å². The van der Waals surface area contributed by atoms with Gasteiger partial charge in [0.1, 0.15) is 5.82 Å². The number of nitrogens with zero attached hydrogens (tertiary/aromatic N) is 2. The van der Waals surface area contributed by atoms with E-state index in [0.29, 0.717) is 32.1 Å². The summed E-state index contributed by atoms with van der Waals surface area (Å²) in [4.78, 5) is 31.0. The highest BCUT2D eigenvalue weighted by molar-refractivity contribution is 5.93. The van der Waals surface area contributed by atoms with Crippen LogP contribution < -0.4 is 5.32 Å². The van der Waals surface area contributed by atoms with E-state index in [0.717, 1.165) is 24.8 Å². The number of hydrogen-bond donors (Lipinski definition) is 1. The molecule has 4 rings (SSSR count). The zero-order chi connectivity index (χ0) is 21.5. The fourth-order valence-electron chi connectivity index (χ4n) is 3.82. The van der Waals surface area contributed by atoms with Crippen LogP contribution in [0.25, 0.3) is 11.6 Å². The molecule has 2 aliphatic heterocycles. The molecule has 2 amide bonds. The predicted molar refractivity (Wildman–Crippen MR) is 121 cm³/mol. The number of hydrogen-bond acceptors (Lipinski definition) is 4. The smallest absolute Gasteiger partial charge is 0.246 e. The van der Waals surface area contributed by atoms with Crippen LogP contribution in [0.1, 0.15) is 30.4 Å². The summed E-state index contributed by atoms with van der Waals surface area (Å²) in [5.41, 5.74) is 3.34. The van der Waals surface area contributed by atoms with Gasteiger partial charge in [0.2, 0.25) is 11.8 Å². The van der Waals surface area contributed by atoms with E-state index in [9.17, 15) is 9.59 Å². The highest BCUT2D eigenvalue weighted by Gasteiger charge is 2.23. The van der Waals surface area contributed by atoms with Gasteiger partial charge in [0.15, 0.2) is 0 Å². The fraction of sp³-hybridized carbons (Fsp3) is 0.320. The number of anilines is 1. The maximum absolute atomic E-state index is 12.7. The minimum absolute atomic E-state index is 0.00123. The summed E-state index contributed by atoms with van der Waals surface area (Å²) in [6.45, 7) is 2.52. The van der Waals surface area contributed by atoms with Crippen molar-refractivity contribution < 1.29 is 14.3 Å². The number of aromatic nitrogens is 1. The third-order valence-corrected chi connectivity index (χ3v) is 5.65. The van der Waals surface area contributed by atoms with Gasteiger partial charge in [-0.05, 0) is 54.2 Å². The Morgan fingerprint density at radius 2 is 2.00 bits per heavy atom. The molecule has 31 heavy (non-hydrogen) atoms. The van der Waals surface area contributed by atoms with Gasteiger partial charge in [-0.15, -0.1) is 0 Å². The lowest BCUT2D eigenvalue weighted by molar-refractivity contribution is -0.125. The summed E-state index contributed by atoms with van der Waals surface area (Å²) in [6, 6.07) is 13.9. The normalized spacial score (nSPS) is 19.2. The molecular formula is C25H27N3O3. The van der Waals surface area contributed by atoms with Crippen molar-refractivity contribution in [1.29, 1.82) is 0 Å². The van der Waals surface area contributed by atoms with Crippen molar-refractivity contribution in [2.45, 2.75) is 19.3 Å². The molecule has 1 fully saturated rings. The van der Waals surface area contributed by atoms with Gasteiger partial charge >= 0.3 is 0 Å². The van der Waals surface area contributed by atoms with Crippen LogP contribution in [0.3, 0.4) is 0 Å². The zero-order valence-corrected chi connectivity index (χ0v) is 17.5. The van der Waals surface area contributed by atoms with Gasteiger partial charge in [0, 0.05) is 32.0 Å². The number of nitrogens with one attached hydrogen (secondary N) is 1. The number of rotatable bonds is 5. The molecule has 3 heterocycles. The van der Waals surface area contributed by atoms with Crippen molar-refractivity contribution in [3.63, 3.8) is 0 Å². The van der Waals surface area contributed by atoms with Gasteiger partial charge in [-0.1, -0.05) is 36.4 Å². The van der Waals surface area contributed by atoms with Crippen LogP contribution >= 0.6 is 0 Å². The van der Waals surface area contributed by atoms with Crippen molar-refractivity contribution in [3.8, 4) is 0 Å². The molecule has 1 atom stereocenters. The molecular weight excluding hydrogens is 390 g/mol. The van der Waals surface area contributed by atoms with E-state index in [-0.39, 0.29) is 17.7 Å². The molecule has 2 aliphatic rings. The quantitative estimate of drug-likeness (QED) is 0.752. The van der Waals surface area contributed by atoms with Crippen LogP contribution in [0.4, 0.5) is 5.82 Å². The Morgan fingerprint density at radius 3 is 2.74 bits per heavy atom. The lowest BCUT2D eigenvalue weighted by Gasteiger charge is -2.18. The second-order valence-corrected chi connectivity index (χ2v) is 7.82. The lowest BCUT2D eigenvalue weighted by Crippen LogP contribution is -2.30. The molecule has 160 valence electrons. The second-order valence-electron chi connectivity index (χ2n) is 7.82. The fourth-order valence-corrected chi connectivity index (χ4v) is 3.82. The molecule has 1 N–H and O–H groups in total. The van der Waals surface area contributed by atoms with E-state index in [1.807, 2.05) is 29.2 Å². The second kappa shape index (κ2) is 10.2. The number of carbonyl (C=O) groups excluding carboxylic acids is 2. The molecule has 1 aromatic heterocycles. The summed E-state index contributed by atoms with van der Waals surface area (Å²) in [6.07, 6.45) is 9.70. The van der Waals surface area contributed by atoms with Gasteiger partial charge < -0.3 is 15.0 Å². The Bertz CT molecular complexity index is 961. The maximum atomic E-state index is 12.7. The summed E-state index contributed by atoms with van der Waals surface area (Å²) in [5, 5.41) is 2.82. The lowest BCUT2D eigenvalue weighted by atomic mass is 10.0. The van der Waals surface area contributed by atoms with E-state index in [1.165, 1.54) is 11.1 Å². The Hall–Kier alpha value is -3.25. The largest absolute Gasteiger partial charge is 0.381 e. The third kappa shape index (κ3) is 5.67. The zero-order valence-electron chi connectivity index (χ0n) is 17.5. The van der Waals surface area contributed by atoms with Crippen molar-refractivity contribution >= 4 is 29.3 Å². The molecule has 1 saturated heterocycles. The van der Waals surface area contributed by atoms with Crippen molar-refractivity contribution in [1.82, 2.24) is 9.88 Å². The maximum Gasteiger partial charge on any atom is 0.246 e. The molecule has 1 unspecified atom stereocenters. The Labute approximate surface area is 182 Å². The van der Waals surface area contributed by atoms with E-state index < -0.39 is 0 Å². The Kier molecular flexibility index (Phi) is 6.89. The monoisotopic (exact) mass is 417 g/mol. The molecule has 0 saturated carbocycles. The summed E-state index contributed by atoms with van der Waals surface area (Å²) < 4.78 is 5.25. The first-order valence-electron chi connectivity index (χ1n) is 10.7. The molecule has 0 bridgehead atoms. The standard InChI is InChI=1S/C25H27N3O3/c29-24(28-14-4-7-21(12-15-28)20-5-2-1-3-6-20)11-9-19-8-10-23(26-17-19)27-25(30)22-13-16-31-18-22/h1-3,5-11,17,22H,4,12-16,18H2,(H,26,27,30)/b11-9+. The van der Waals surface area contributed by atoms with Gasteiger partial charge in [0.05, 0.1) is 12.5 Å². The molecule has 2 aromatic rings. The van der Waals surface area contributed by atoms with E-state index in [2.05, 4.69) is 28.5 Å². The first kappa shape index (κ1) is 21.0. The molecule has 6 heteroatoms. The average Bonchev–Trinajstić information content (AvgIpc) is 3.24. The van der Waals surface area contributed by atoms with Crippen molar-refractivity contribution in [2.75, 3.05) is 31.6 Å². The topological polar surface area (TPSA) is 71.5 Å². The highest BCUT2D eigenvalue weighted by atomic mass is 16.5. The first-order chi connectivity index (χ1) is 15.2. The first-order valence-corrected chi connectivity index (χ1v) is 10.7. The van der Waals surface area contributed by atoms with Gasteiger partial charge in [-0.3, -0.25) is 9.59 Å². The number of amides is 2. The number of ether oxygens (including phenoxy) is 1. The summed E-state index contributed by atoms with van der Waals surface area (Å²) in [5.74, 6) is 0.339. The van der Waals surface area contributed by atoms with E-state index in [1.54, 1.807) is 24.4 Å². The molecule has 0 aliphatic carbocycles. The summed E-state index contributed by atoms with van der Waals surface area (Å²) >= 11 is 0. The van der Waals surface area contributed by atoms with Gasteiger partial charge in [0.25, 0.3) is 0 Å². The number of pyridine rings is 1. The van der Waals surface area contributed by atoms with Crippen LogP contribution in [0.2, 0.25) is 0 Å². The SMILES string of the molecule is O=C(Nc1ccc(/C=C/C(=O)N2CCC=C(c3ccccc3)CC2)cn1)C1CCOC1. The Balaban J connectivity index is 1.29. The predicted octanol–water partition coefficient (Wildman–Crippen LogP) is 3.78. The van der Waals surface area contributed by atoms with Crippen LogP contribution in [0, 0.1) is 5.92 Å². The van der Waals surface area contributed by atoms with Gasteiger partial charge in [-0.2, -0.15) is 0 Å². The molecule has 0 radical (unpaired) electrons. The minimum Gasteiger partial charge on any atom is -0.381 e. The van der Waals surface area contributed by atoms with Gasteiger partial charge in [-0.25, -0.2) is 4.98 Å². The molecule has 0 spiro atoms.